The first-order chi connectivity index (χ1) is 29.5. The molecular weight excluding hydrogens is 793 g/mol. The summed E-state index contributed by atoms with van der Waals surface area (Å²) in [5, 5.41) is 34.1. The van der Waals surface area contributed by atoms with Gasteiger partial charge < -0.3 is 41.0 Å². The highest BCUT2D eigenvalue weighted by molar-refractivity contribution is 5.92. The number of aliphatic hydroxyl groups is 2. The second-order valence-corrected chi connectivity index (χ2v) is 17.4. The molecule has 2 aromatic carbocycles. The van der Waals surface area contributed by atoms with Crippen LogP contribution in [0.3, 0.4) is 0 Å². The van der Waals surface area contributed by atoms with Gasteiger partial charge in [0.1, 0.15) is 24.2 Å². The summed E-state index contributed by atoms with van der Waals surface area (Å²) in [6.07, 6.45) is 3.88. The monoisotopic (exact) mass is 867 g/mol. The van der Waals surface area contributed by atoms with Gasteiger partial charge in [-0.3, -0.25) is 19.2 Å². The largest absolute Gasteiger partial charge is 0.467 e. The van der Waals surface area contributed by atoms with Crippen molar-refractivity contribution in [2.45, 2.75) is 148 Å². The van der Waals surface area contributed by atoms with Crippen LogP contribution in [0.25, 0.3) is 0 Å². The Labute approximate surface area is 369 Å². The van der Waals surface area contributed by atoms with Crippen LogP contribution >= 0.6 is 0 Å². The van der Waals surface area contributed by atoms with Crippen LogP contribution in [0.1, 0.15) is 117 Å². The number of hydrogen-bond donors (Lipinski definition) is 6. The Morgan fingerprint density at radius 2 is 0.903 bits per heavy atom. The fraction of sp³-hybridized carbons (Fsp3) is 0.625. The predicted octanol–water partition coefficient (Wildman–Crippen LogP) is 4.97. The van der Waals surface area contributed by atoms with Gasteiger partial charge in [-0.1, -0.05) is 128 Å². The normalized spacial score (nSPS) is 14.5. The standard InChI is InChI=1S/C48H74N4O10/c1-9-11-23-36(42(54)49-38(25-32(3)4)44(56)51-40(46(58)61-7)27-34-19-15-13-16-20-34)29-48(60,31-53)30-37(24-12-10-2)43(55)50-39(26-33(5)6)45(57)52-41(47(59)62-8)28-35-21-17-14-18-22-35/h13-22,32-33,36-41,53,60H,9-12,23-31H2,1-8H3,(H,49,54)(H,50,55)(H,51,56)(H,52,57)/t36-,37-,38+,39+,40+,41+/m1/s1. The molecule has 4 amide bonds. The molecule has 6 N–H and O–H groups in total. The molecule has 2 aromatic rings. The Kier molecular flexibility index (Phi) is 24.1. The van der Waals surface area contributed by atoms with Crippen molar-refractivity contribution < 1.29 is 48.5 Å². The first kappa shape index (κ1) is 53.3. The van der Waals surface area contributed by atoms with Crippen LogP contribution in [-0.4, -0.2) is 96.4 Å². The molecule has 0 fully saturated rings. The number of carbonyl (C=O) groups excluding carboxylic acids is 6. The van der Waals surface area contributed by atoms with Crippen LogP contribution < -0.4 is 21.3 Å². The molecule has 0 spiro atoms. The summed E-state index contributed by atoms with van der Waals surface area (Å²) in [5.74, 6) is -5.09. The molecule has 14 heteroatoms. The molecule has 14 nitrogen and oxygen atoms in total. The average Bonchev–Trinajstić information content (AvgIpc) is 3.25. The van der Waals surface area contributed by atoms with E-state index in [1.54, 1.807) is 0 Å². The second-order valence-electron chi connectivity index (χ2n) is 17.4. The molecule has 0 unspecified atom stereocenters. The third-order valence-corrected chi connectivity index (χ3v) is 11.0. The first-order valence-corrected chi connectivity index (χ1v) is 22.3. The molecule has 6 atom stereocenters. The molecule has 2 rings (SSSR count). The number of ether oxygens (including phenoxy) is 2. The molecule has 0 saturated carbocycles. The number of rotatable bonds is 29. The van der Waals surface area contributed by atoms with Gasteiger partial charge in [-0.2, -0.15) is 0 Å². The van der Waals surface area contributed by atoms with E-state index >= 15 is 0 Å². The van der Waals surface area contributed by atoms with E-state index in [0.717, 1.165) is 24.0 Å². The molecule has 0 radical (unpaired) electrons. The van der Waals surface area contributed by atoms with Crippen LogP contribution in [0, 0.1) is 23.7 Å². The molecular formula is C48H74N4O10. The van der Waals surface area contributed by atoms with Gasteiger partial charge in [0.05, 0.1) is 26.4 Å². The van der Waals surface area contributed by atoms with Crippen LogP contribution in [0.2, 0.25) is 0 Å². The van der Waals surface area contributed by atoms with Gasteiger partial charge in [0.2, 0.25) is 23.6 Å². The van der Waals surface area contributed by atoms with Crippen molar-refractivity contribution in [2.24, 2.45) is 23.7 Å². The van der Waals surface area contributed by atoms with Crippen LogP contribution in [-0.2, 0) is 51.1 Å². The second kappa shape index (κ2) is 28.0. The number of aliphatic hydroxyl groups excluding tert-OH is 1. The molecule has 0 aliphatic rings. The Bertz CT molecular complexity index is 1550. The third kappa shape index (κ3) is 19.1. The Morgan fingerprint density at radius 3 is 1.19 bits per heavy atom. The number of methoxy groups -OCH3 is 2. The molecule has 0 saturated heterocycles. The Balaban J connectivity index is 2.34. The Hall–Kier alpha value is -4.82. The zero-order valence-corrected chi connectivity index (χ0v) is 38.2. The quantitative estimate of drug-likeness (QED) is 0.0606. The van der Waals surface area contributed by atoms with E-state index in [9.17, 15) is 39.0 Å². The SMILES string of the molecule is CCCC[C@H](CC(O)(CO)C[C@@H](CCCC)C(=O)N[C@@H](CC(C)C)C(=O)N[C@@H](Cc1ccccc1)C(=O)OC)C(=O)N[C@@H](CC(C)C)C(=O)N[C@@H](Cc1ccccc1)C(=O)OC. The van der Waals surface area contributed by atoms with Gasteiger partial charge >= 0.3 is 11.9 Å². The van der Waals surface area contributed by atoms with Gasteiger partial charge in [-0.15, -0.1) is 0 Å². The third-order valence-electron chi connectivity index (χ3n) is 11.0. The van der Waals surface area contributed by atoms with Crippen LogP contribution in [0.5, 0.6) is 0 Å². The van der Waals surface area contributed by atoms with Gasteiger partial charge in [0.25, 0.3) is 0 Å². The fourth-order valence-electron chi connectivity index (χ4n) is 7.58. The zero-order chi connectivity index (χ0) is 46.2. The molecule has 62 heavy (non-hydrogen) atoms. The highest BCUT2D eigenvalue weighted by Gasteiger charge is 2.39. The van der Waals surface area contributed by atoms with Crippen molar-refractivity contribution >= 4 is 35.6 Å². The number of hydrogen-bond acceptors (Lipinski definition) is 10. The summed E-state index contributed by atoms with van der Waals surface area (Å²) in [6, 6.07) is 14.3. The smallest absolute Gasteiger partial charge is 0.328 e. The van der Waals surface area contributed by atoms with Crippen LogP contribution in [0.15, 0.2) is 60.7 Å². The van der Waals surface area contributed by atoms with E-state index in [1.165, 1.54) is 14.2 Å². The highest BCUT2D eigenvalue weighted by Crippen LogP contribution is 2.31. The molecule has 346 valence electrons. The maximum atomic E-state index is 14.2. The molecule has 0 aliphatic heterocycles. The Morgan fingerprint density at radius 1 is 0.565 bits per heavy atom. The van der Waals surface area contributed by atoms with E-state index < -0.39 is 83.8 Å². The lowest BCUT2D eigenvalue weighted by Gasteiger charge is -2.34. The number of unbranched alkanes of at least 4 members (excludes halogenated alkanes) is 2. The van der Waals surface area contributed by atoms with Crippen LogP contribution in [0.4, 0.5) is 0 Å². The maximum Gasteiger partial charge on any atom is 0.328 e. The van der Waals surface area contributed by atoms with E-state index in [4.69, 9.17) is 9.47 Å². The van der Waals surface area contributed by atoms with Gasteiger partial charge in [0, 0.05) is 24.7 Å². The number of benzene rings is 2. The van der Waals surface area contributed by atoms with Crippen molar-refractivity contribution in [3.05, 3.63) is 71.8 Å². The van der Waals surface area contributed by atoms with Crippen molar-refractivity contribution in [1.29, 1.82) is 0 Å². The number of carbonyl (C=O) groups is 6. The lowest BCUT2D eigenvalue weighted by Crippen LogP contribution is -2.55. The van der Waals surface area contributed by atoms with E-state index in [1.807, 2.05) is 102 Å². The van der Waals surface area contributed by atoms with Crippen molar-refractivity contribution in [3.63, 3.8) is 0 Å². The average molecular weight is 867 g/mol. The summed E-state index contributed by atoms with van der Waals surface area (Å²) >= 11 is 0. The topological polar surface area (TPSA) is 209 Å². The molecule has 0 heterocycles. The minimum Gasteiger partial charge on any atom is -0.467 e. The van der Waals surface area contributed by atoms with E-state index in [2.05, 4.69) is 21.3 Å². The van der Waals surface area contributed by atoms with Gasteiger partial charge in [-0.25, -0.2) is 9.59 Å². The minimum atomic E-state index is -1.88. The summed E-state index contributed by atoms with van der Waals surface area (Å²) in [6.45, 7) is 10.8. The maximum absolute atomic E-state index is 14.2. The first-order valence-electron chi connectivity index (χ1n) is 22.3. The summed E-state index contributed by atoms with van der Waals surface area (Å²) in [5.41, 5.74) is -0.258. The summed E-state index contributed by atoms with van der Waals surface area (Å²) < 4.78 is 9.98. The summed E-state index contributed by atoms with van der Waals surface area (Å²) in [4.78, 5) is 81.5. The number of esters is 2. The lowest BCUT2D eigenvalue weighted by atomic mass is 9.79. The zero-order valence-electron chi connectivity index (χ0n) is 38.2. The fourth-order valence-corrected chi connectivity index (χ4v) is 7.58. The number of amides is 4. The molecule has 0 aliphatic carbocycles. The highest BCUT2D eigenvalue weighted by atomic mass is 16.5. The van der Waals surface area contributed by atoms with Crippen molar-refractivity contribution in [3.8, 4) is 0 Å². The predicted molar refractivity (Wildman–Crippen MR) is 238 cm³/mol. The van der Waals surface area contributed by atoms with Gasteiger partial charge in [0.15, 0.2) is 0 Å². The van der Waals surface area contributed by atoms with E-state index in [0.29, 0.717) is 25.7 Å². The van der Waals surface area contributed by atoms with Crippen molar-refractivity contribution in [2.75, 3.05) is 20.8 Å². The van der Waals surface area contributed by atoms with Gasteiger partial charge in [-0.05, 0) is 61.5 Å². The molecule has 0 aromatic heterocycles. The summed E-state index contributed by atoms with van der Waals surface area (Å²) in [7, 11) is 2.49. The molecule has 0 bridgehead atoms. The van der Waals surface area contributed by atoms with Crippen molar-refractivity contribution in [1.82, 2.24) is 21.3 Å². The number of nitrogens with one attached hydrogen (secondary N) is 4. The minimum absolute atomic E-state index is 0.0186. The lowest BCUT2D eigenvalue weighted by molar-refractivity contribution is -0.145. The van der Waals surface area contributed by atoms with E-state index in [-0.39, 0.29) is 50.4 Å².